The summed E-state index contributed by atoms with van der Waals surface area (Å²) < 4.78 is 12.7. The van der Waals surface area contributed by atoms with Gasteiger partial charge in [0.2, 0.25) is 11.8 Å². The Morgan fingerprint density at radius 2 is 1.75 bits per heavy atom. The van der Waals surface area contributed by atoms with Crippen molar-refractivity contribution in [1.29, 1.82) is 0 Å². The molecule has 9 heteroatoms. The normalized spacial score (nSPS) is 19.5. The van der Waals surface area contributed by atoms with Gasteiger partial charge in [-0.15, -0.1) is 11.3 Å². The highest BCUT2D eigenvalue weighted by Gasteiger charge is 2.28. The lowest BCUT2D eigenvalue weighted by atomic mass is 9.90. The molecular weight excluding hydrogens is 424 g/mol. The lowest BCUT2D eigenvalue weighted by Crippen LogP contribution is -2.44. The van der Waals surface area contributed by atoms with Crippen LogP contribution in [0.4, 0.5) is 11.8 Å². The Labute approximate surface area is 191 Å². The van der Waals surface area contributed by atoms with E-state index in [4.69, 9.17) is 24.4 Å². The average molecular weight is 455 g/mol. The molecule has 3 aliphatic rings. The van der Waals surface area contributed by atoms with Crippen molar-refractivity contribution in [1.82, 2.24) is 20.3 Å². The summed E-state index contributed by atoms with van der Waals surface area (Å²) in [5.74, 6) is 2.64. The Morgan fingerprint density at radius 3 is 2.53 bits per heavy atom. The molecule has 3 aromatic heterocycles. The van der Waals surface area contributed by atoms with Crippen LogP contribution in [0.3, 0.4) is 0 Å². The van der Waals surface area contributed by atoms with E-state index in [9.17, 15) is 0 Å². The molecule has 0 aromatic carbocycles. The van der Waals surface area contributed by atoms with Gasteiger partial charge in [0.25, 0.3) is 0 Å². The minimum Gasteiger partial charge on any atom is -0.477 e. The molecule has 1 N–H and O–H groups in total. The Kier molecular flexibility index (Phi) is 5.48. The number of rotatable bonds is 4. The van der Waals surface area contributed by atoms with Gasteiger partial charge in [-0.2, -0.15) is 4.98 Å². The van der Waals surface area contributed by atoms with Crippen molar-refractivity contribution in [3.63, 3.8) is 0 Å². The smallest absolute Gasteiger partial charge is 0.236 e. The van der Waals surface area contributed by atoms with Crippen molar-refractivity contribution in [3.8, 4) is 5.88 Å². The van der Waals surface area contributed by atoms with E-state index >= 15 is 0 Å². The lowest BCUT2D eigenvalue weighted by Gasteiger charge is -2.31. The topological polar surface area (TPSA) is 75.6 Å². The summed E-state index contributed by atoms with van der Waals surface area (Å²) in [7, 11) is 0. The van der Waals surface area contributed by atoms with E-state index in [0.717, 1.165) is 92.1 Å². The summed E-state index contributed by atoms with van der Waals surface area (Å²) in [6, 6.07) is 0. The number of thiophene rings is 1. The van der Waals surface area contributed by atoms with Gasteiger partial charge in [-0.05, 0) is 43.7 Å². The summed E-state index contributed by atoms with van der Waals surface area (Å²) in [6.07, 6.45) is 4.63. The fourth-order valence-corrected chi connectivity index (χ4v) is 6.23. The number of pyridine rings is 1. The van der Waals surface area contributed by atoms with Gasteiger partial charge in [-0.1, -0.05) is 0 Å². The molecule has 2 fully saturated rings. The van der Waals surface area contributed by atoms with Crippen molar-refractivity contribution in [3.05, 3.63) is 11.1 Å². The van der Waals surface area contributed by atoms with Gasteiger partial charge in [-0.3, -0.25) is 0 Å². The highest BCUT2D eigenvalue weighted by Crippen LogP contribution is 2.44. The number of nitrogens with one attached hydrogen (secondary N) is 1. The van der Waals surface area contributed by atoms with Crippen molar-refractivity contribution in [2.45, 2.75) is 32.6 Å². The van der Waals surface area contributed by atoms with Crippen LogP contribution in [0, 0.1) is 0 Å². The standard InChI is InChI=1S/C23H30N6O2S/c1-2-31-21-19-18(25-23(27-21)29-9-7-24-8-10-29)17-15-5-3-4-6-16(15)20(26-22(17)32-19)28-11-13-30-14-12-28/h24H,2-14H2,1H3. The maximum atomic E-state index is 6.03. The molecule has 2 saturated heterocycles. The van der Waals surface area contributed by atoms with Crippen LogP contribution in [-0.2, 0) is 17.6 Å². The van der Waals surface area contributed by atoms with Crippen molar-refractivity contribution in [2.24, 2.45) is 0 Å². The van der Waals surface area contributed by atoms with E-state index in [-0.39, 0.29) is 0 Å². The largest absolute Gasteiger partial charge is 0.477 e. The van der Waals surface area contributed by atoms with Crippen LogP contribution in [0.15, 0.2) is 0 Å². The zero-order valence-electron chi connectivity index (χ0n) is 18.7. The molecule has 2 aliphatic heterocycles. The maximum Gasteiger partial charge on any atom is 0.236 e. The number of ether oxygens (including phenoxy) is 2. The predicted molar refractivity (Wildman–Crippen MR) is 129 cm³/mol. The number of aromatic nitrogens is 3. The van der Waals surface area contributed by atoms with Crippen molar-refractivity contribution < 1.29 is 9.47 Å². The molecule has 0 saturated carbocycles. The van der Waals surface area contributed by atoms with Crippen LogP contribution in [0.2, 0.25) is 0 Å². The minimum absolute atomic E-state index is 0.589. The Hall–Kier alpha value is -2.23. The summed E-state index contributed by atoms with van der Waals surface area (Å²) in [5, 5.41) is 4.65. The number of anilines is 2. The van der Waals surface area contributed by atoms with E-state index < -0.39 is 0 Å². The first kappa shape index (κ1) is 20.4. The number of hydrogen-bond donors (Lipinski definition) is 1. The first-order chi connectivity index (χ1) is 15.8. The Bertz CT molecular complexity index is 1140. The molecule has 0 amide bonds. The third kappa shape index (κ3) is 3.47. The van der Waals surface area contributed by atoms with Gasteiger partial charge in [0, 0.05) is 44.7 Å². The zero-order chi connectivity index (χ0) is 21.5. The third-order valence-corrected chi connectivity index (χ3v) is 7.77. The number of hydrogen-bond acceptors (Lipinski definition) is 9. The monoisotopic (exact) mass is 454 g/mol. The fraction of sp³-hybridized carbons (Fsp3) is 0.609. The molecule has 0 atom stereocenters. The minimum atomic E-state index is 0.589. The maximum absolute atomic E-state index is 6.03. The number of nitrogens with zero attached hydrogens (tertiary/aromatic N) is 5. The van der Waals surface area contributed by atoms with Crippen LogP contribution in [0.1, 0.15) is 30.9 Å². The molecule has 32 heavy (non-hydrogen) atoms. The molecule has 0 bridgehead atoms. The summed E-state index contributed by atoms with van der Waals surface area (Å²) >= 11 is 1.68. The molecule has 8 nitrogen and oxygen atoms in total. The van der Waals surface area contributed by atoms with Crippen molar-refractivity contribution in [2.75, 3.05) is 68.9 Å². The van der Waals surface area contributed by atoms with Gasteiger partial charge >= 0.3 is 0 Å². The second-order valence-corrected chi connectivity index (χ2v) is 9.66. The highest BCUT2D eigenvalue weighted by atomic mass is 32.1. The van der Waals surface area contributed by atoms with Gasteiger partial charge in [0.05, 0.1) is 19.8 Å². The first-order valence-electron chi connectivity index (χ1n) is 11.9. The van der Waals surface area contributed by atoms with Crippen molar-refractivity contribution >= 4 is 43.5 Å². The number of morpholine rings is 1. The molecule has 0 radical (unpaired) electrons. The fourth-order valence-electron chi connectivity index (χ4n) is 5.15. The predicted octanol–water partition coefficient (Wildman–Crippen LogP) is 2.76. The Balaban J connectivity index is 1.57. The van der Waals surface area contributed by atoms with Crippen LogP contribution in [0.25, 0.3) is 20.4 Å². The number of aryl methyl sites for hydroxylation is 1. The van der Waals surface area contributed by atoms with E-state index in [0.29, 0.717) is 12.5 Å². The molecule has 1 aliphatic carbocycles. The number of fused-ring (bicyclic) bond motifs is 5. The average Bonchev–Trinajstić information content (AvgIpc) is 3.24. The van der Waals surface area contributed by atoms with Crippen LogP contribution in [0.5, 0.6) is 5.88 Å². The number of piperazine rings is 1. The van der Waals surface area contributed by atoms with Crippen LogP contribution < -0.4 is 19.9 Å². The summed E-state index contributed by atoms with van der Waals surface area (Å²) in [6.45, 7) is 9.71. The van der Waals surface area contributed by atoms with Gasteiger partial charge in [0.15, 0.2) is 0 Å². The first-order valence-corrected chi connectivity index (χ1v) is 12.7. The van der Waals surface area contributed by atoms with Crippen LogP contribution in [-0.4, -0.2) is 74.0 Å². The molecule has 3 aromatic rings. The Morgan fingerprint density at radius 1 is 0.969 bits per heavy atom. The summed E-state index contributed by atoms with van der Waals surface area (Å²) in [4.78, 5) is 21.0. The van der Waals surface area contributed by atoms with E-state index in [2.05, 4.69) is 15.1 Å². The van der Waals surface area contributed by atoms with Gasteiger partial charge in [-0.25, -0.2) is 9.97 Å². The van der Waals surface area contributed by atoms with Crippen LogP contribution >= 0.6 is 11.3 Å². The molecule has 170 valence electrons. The SMILES string of the molecule is CCOc1nc(N2CCNCC2)nc2c1sc1nc(N3CCOCC3)c3c(c12)CCCC3. The van der Waals surface area contributed by atoms with E-state index in [1.165, 1.54) is 29.4 Å². The quantitative estimate of drug-likeness (QED) is 0.645. The van der Waals surface area contributed by atoms with Gasteiger partial charge < -0.3 is 24.6 Å². The van der Waals surface area contributed by atoms with E-state index in [1.54, 1.807) is 11.3 Å². The molecular formula is C23H30N6O2S. The molecule has 0 spiro atoms. The third-order valence-electron chi connectivity index (χ3n) is 6.71. The second kappa shape index (κ2) is 8.61. The second-order valence-electron chi connectivity index (χ2n) is 8.66. The lowest BCUT2D eigenvalue weighted by molar-refractivity contribution is 0.122. The van der Waals surface area contributed by atoms with Gasteiger partial charge in [0.1, 0.15) is 20.9 Å². The highest BCUT2D eigenvalue weighted by molar-refractivity contribution is 7.25. The molecule has 0 unspecified atom stereocenters. The molecule has 6 rings (SSSR count). The van der Waals surface area contributed by atoms with E-state index in [1.807, 2.05) is 6.92 Å². The summed E-state index contributed by atoms with van der Waals surface area (Å²) in [5.41, 5.74) is 3.89. The zero-order valence-corrected chi connectivity index (χ0v) is 19.5. The molecule has 5 heterocycles.